The molecule has 5 nitrogen and oxygen atoms in total. The number of ether oxygens (including phenoxy) is 1. The maximum atomic E-state index is 11.0. The number of methoxy groups -OCH3 is 1. The molecule has 0 atom stereocenters. The summed E-state index contributed by atoms with van der Waals surface area (Å²) >= 11 is 0. The molecule has 2 rings (SSSR count). The number of esters is 1. The van der Waals surface area contributed by atoms with Crippen molar-refractivity contribution in [1.29, 1.82) is 0 Å². The summed E-state index contributed by atoms with van der Waals surface area (Å²) in [5, 5.41) is 3.45. The van der Waals surface area contributed by atoms with Crippen molar-refractivity contribution in [2.24, 2.45) is 0 Å². The zero-order valence-corrected chi connectivity index (χ0v) is 14.2. The molecular formula is C19H25N3O2. The molecule has 1 aromatic heterocycles. The third-order valence-electron chi connectivity index (χ3n) is 3.85. The molecule has 0 radical (unpaired) electrons. The van der Waals surface area contributed by atoms with Crippen LogP contribution in [0.1, 0.15) is 37.7 Å². The topological polar surface area (TPSA) is 64.1 Å². The summed E-state index contributed by atoms with van der Waals surface area (Å²) in [6.45, 7) is 1.85. The third kappa shape index (κ3) is 6.46. The first-order chi connectivity index (χ1) is 11.8. The van der Waals surface area contributed by atoms with Crippen LogP contribution in [0.3, 0.4) is 0 Å². The molecule has 0 saturated carbocycles. The van der Waals surface area contributed by atoms with E-state index in [1.54, 1.807) is 18.6 Å². The van der Waals surface area contributed by atoms with Crippen LogP contribution in [0.25, 0.3) is 11.3 Å². The van der Waals surface area contributed by atoms with Crippen molar-refractivity contribution in [3.8, 4) is 11.3 Å². The van der Waals surface area contributed by atoms with Gasteiger partial charge in [0, 0.05) is 30.9 Å². The number of hydrogen-bond donors (Lipinski definition) is 1. The second-order valence-corrected chi connectivity index (χ2v) is 5.70. The Kier molecular flexibility index (Phi) is 7.90. The first kappa shape index (κ1) is 18.1. The monoisotopic (exact) mass is 327 g/mol. The van der Waals surface area contributed by atoms with E-state index in [0.29, 0.717) is 6.42 Å². The summed E-state index contributed by atoms with van der Waals surface area (Å²) in [4.78, 5) is 19.4. The van der Waals surface area contributed by atoms with Gasteiger partial charge in [-0.05, 0) is 24.9 Å². The van der Waals surface area contributed by atoms with Gasteiger partial charge in [0.2, 0.25) is 0 Å². The second kappa shape index (κ2) is 10.5. The average molecular weight is 327 g/mol. The van der Waals surface area contributed by atoms with Crippen LogP contribution in [0.4, 0.5) is 0 Å². The zero-order valence-electron chi connectivity index (χ0n) is 14.2. The summed E-state index contributed by atoms with van der Waals surface area (Å²) in [6, 6.07) is 8.39. The lowest BCUT2D eigenvalue weighted by Crippen LogP contribution is -2.14. The van der Waals surface area contributed by atoms with E-state index < -0.39 is 0 Å². The summed E-state index contributed by atoms with van der Waals surface area (Å²) in [7, 11) is 1.44. The maximum absolute atomic E-state index is 11.0. The van der Waals surface area contributed by atoms with Gasteiger partial charge >= 0.3 is 5.97 Å². The first-order valence-corrected chi connectivity index (χ1v) is 8.42. The molecule has 2 aromatic rings. The fraction of sp³-hybridized carbons (Fsp3) is 0.421. The molecule has 0 amide bonds. The number of hydrogen-bond acceptors (Lipinski definition) is 5. The van der Waals surface area contributed by atoms with Gasteiger partial charge in [0.15, 0.2) is 0 Å². The number of carbonyl (C=O) groups is 1. The van der Waals surface area contributed by atoms with Gasteiger partial charge in [-0.1, -0.05) is 37.1 Å². The lowest BCUT2D eigenvalue weighted by molar-refractivity contribution is -0.140. The van der Waals surface area contributed by atoms with E-state index in [-0.39, 0.29) is 5.97 Å². The van der Waals surface area contributed by atoms with Crippen molar-refractivity contribution < 1.29 is 9.53 Å². The van der Waals surface area contributed by atoms with Crippen molar-refractivity contribution >= 4 is 5.97 Å². The largest absolute Gasteiger partial charge is 0.469 e. The molecule has 0 unspecified atom stereocenters. The van der Waals surface area contributed by atoms with Crippen LogP contribution in [-0.2, 0) is 16.1 Å². The van der Waals surface area contributed by atoms with Crippen LogP contribution >= 0.6 is 0 Å². The van der Waals surface area contributed by atoms with Crippen molar-refractivity contribution in [2.45, 2.75) is 38.6 Å². The molecule has 0 aliphatic carbocycles. The smallest absolute Gasteiger partial charge is 0.305 e. The summed E-state index contributed by atoms with van der Waals surface area (Å²) in [5.74, 6) is -0.113. The van der Waals surface area contributed by atoms with Gasteiger partial charge in [-0.2, -0.15) is 0 Å². The van der Waals surface area contributed by atoms with Crippen LogP contribution in [-0.4, -0.2) is 29.6 Å². The van der Waals surface area contributed by atoms with Crippen molar-refractivity contribution in [3.05, 3.63) is 48.4 Å². The fourth-order valence-electron chi connectivity index (χ4n) is 2.45. The number of nitrogens with one attached hydrogen (secondary N) is 1. The van der Waals surface area contributed by atoms with Crippen LogP contribution in [0.5, 0.6) is 0 Å². The molecule has 5 heteroatoms. The maximum Gasteiger partial charge on any atom is 0.305 e. The fourth-order valence-corrected chi connectivity index (χ4v) is 2.45. The highest BCUT2D eigenvalue weighted by atomic mass is 16.5. The second-order valence-electron chi connectivity index (χ2n) is 5.70. The zero-order chi connectivity index (χ0) is 17.0. The van der Waals surface area contributed by atoms with Gasteiger partial charge in [-0.15, -0.1) is 0 Å². The SMILES string of the molecule is COC(=O)CCCCCCNCc1ccc(-c2cnccn2)cc1. The normalized spacial score (nSPS) is 10.5. The molecule has 0 bridgehead atoms. The number of aromatic nitrogens is 2. The van der Waals surface area contributed by atoms with Gasteiger partial charge in [-0.3, -0.25) is 14.8 Å². The molecule has 1 N–H and O–H groups in total. The van der Waals surface area contributed by atoms with Gasteiger partial charge in [0.05, 0.1) is 19.0 Å². The van der Waals surface area contributed by atoms with Gasteiger partial charge in [0.1, 0.15) is 0 Å². The van der Waals surface area contributed by atoms with E-state index in [0.717, 1.165) is 50.0 Å². The predicted octanol–water partition coefficient (Wildman–Crippen LogP) is 3.36. The number of rotatable bonds is 10. The molecule has 24 heavy (non-hydrogen) atoms. The Hall–Kier alpha value is -2.27. The Bertz CT molecular complexity index is 600. The molecule has 0 spiro atoms. The van der Waals surface area contributed by atoms with E-state index in [1.165, 1.54) is 12.7 Å². The van der Waals surface area contributed by atoms with Crippen LogP contribution in [0.2, 0.25) is 0 Å². The van der Waals surface area contributed by atoms with E-state index in [9.17, 15) is 4.79 Å². The third-order valence-corrected chi connectivity index (χ3v) is 3.85. The molecule has 1 heterocycles. The molecule has 0 aliphatic rings. The summed E-state index contributed by atoms with van der Waals surface area (Å²) in [5.41, 5.74) is 3.23. The van der Waals surface area contributed by atoms with Crippen molar-refractivity contribution in [1.82, 2.24) is 15.3 Å². The Morgan fingerprint density at radius 3 is 2.58 bits per heavy atom. The number of unbranched alkanes of at least 4 members (excludes halogenated alkanes) is 3. The Labute approximate surface area is 143 Å². The van der Waals surface area contributed by atoms with Gasteiger partial charge < -0.3 is 10.1 Å². The minimum atomic E-state index is -0.113. The van der Waals surface area contributed by atoms with Crippen molar-refractivity contribution in [2.75, 3.05) is 13.7 Å². The highest BCUT2D eigenvalue weighted by molar-refractivity contribution is 5.68. The molecule has 128 valence electrons. The van der Waals surface area contributed by atoms with Crippen LogP contribution < -0.4 is 5.32 Å². The quantitative estimate of drug-likeness (QED) is 0.535. The van der Waals surface area contributed by atoms with E-state index in [1.807, 2.05) is 0 Å². The number of benzene rings is 1. The van der Waals surface area contributed by atoms with E-state index in [2.05, 4.69) is 44.3 Å². The Balaban J connectivity index is 1.59. The summed E-state index contributed by atoms with van der Waals surface area (Å²) in [6.07, 6.45) is 9.93. The Morgan fingerprint density at radius 1 is 1.08 bits per heavy atom. The van der Waals surface area contributed by atoms with Crippen LogP contribution in [0.15, 0.2) is 42.9 Å². The Morgan fingerprint density at radius 2 is 1.88 bits per heavy atom. The molecule has 0 fully saturated rings. The standard InChI is InChI=1S/C19H25N3O2/c1-24-19(23)6-4-2-3-5-11-20-14-16-7-9-17(10-8-16)18-15-21-12-13-22-18/h7-10,12-13,15,20H,2-6,11,14H2,1H3. The molecular weight excluding hydrogens is 302 g/mol. The van der Waals surface area contributed by atoms with Crippen LogP contribution in [0, 0.1) is 0 Å². The van der Waals surface area contributed by atoms with E-state index in [4.69, 9.17) is 0 Å². The average Bonchev–Trinajstić information content (AvgIpc) is 2.65. The lowest BCUT2D eigenvalue weighted by atomic mass is 10.1. The number of nitrogens with zero attached hydrogens (tertiary/aromatic N) is 2. The number of carbonyl (C=O) groups excluding carboxylic acids is 1. The van der Waals surface area contributed by atoms with Crippen molar-refractivity contribution in [3.63, 3.8) is 0 Å². The minimum absolute atomic E-state index is 0.113. The predicted molar refractivity (Wildman–Crippen MR) is 94.3 cm³/mol. The lowest BCUT2D eigenvalue weighted by Gasteiger charge is -2.06. The molecule has 0 saturated heterocycles. The highest BCUT2D eigenvalue weighted by Crippen LogP contribution is 2.15. The minimum Gasteiger partial charge on any atom is -0.469 e. The summed E-state index contributed by atoms with van der Waals surface area (Å²) < 4.78 is 4.62. The van der Waals surface area contributed by atoms with Gasteiger partial charge in [0.25, 0.3) is 0 Å². The first-order valence-electron chi connectivity index (χ1n) is 8.42. The van der Waals surface area contributed by atoms with E-state index >= 15 is 0 Å². The highest BCUT2D eigenvalue weighted by Gasteiger charge is 2.00. The van der Waals surface area contributed by atoms with Gasteiger partial charge in [-0.25, -0.2) is 0 Å². The molecule has 1 aromatic carbocycles. The molecule has 0 aliphatic heterocycles.